The summed E-state index contributed by atoms with van der Waals surface area (Å²) < 4.78 is 22.4. The molecular weight excluding hydrogens is 276 g/mol. The summed E-state index contributed by atoms with van der Waals surface area (Å²) in [7, 11) is -2.92. The number of oxime groups is 1. The van der Waals surface area contributed by atoms with Crippen LogP contribution in [0.5, 0.6) is 0 Å². The Bertz CT molecular complexity index is 596. The van der Waals surface area contributed by atoms with Crippen LogP contribution in [0.25, 0.3) is 0 Å². The van der Waals surface area contributed by atoms with Crippen LogP contribution in [0.1, 0.15) is 24.8 Å². The van der Waals surface area contributed by atoms with Gasteiger partial charge < -0.3 is 10.1 Å². The SMILES string of the molecule is CS(=O)(=O)CCCN1CCC/C(=N/O)c2ccccc21. The maximum atomic E-state index is 11.2. The Morgan fingerprint density at radius 3 is 2.80 bits per heavy atom. The molecule has 5 nitrogen and oxygen atoms in total. The van der Waals surface area contributed by atoms with E-state index in [0.717, 1.165) is 30.6 Å². The predicted octanol–water partition coefficient (Wildman–Crippen LogP) is 1.90. The van der Waals surface area contributed by atoms with Crippen molar-refractivity contribution in [2.24, 2.45) is 5.16 Å². The molecule has 0 amide bonds. The highest BCUT2D eigenvalue weighted by molar-refractivity contribution is 7.90. The lowest BCUT2D eigenvalue weighted by Gasteiger charge is -2.24. The lowest BCUT2D eigenvalue weighted by atomic mass is 10.1. The molecular formula is C14H20N2O3S. The third kappa shape index (κ3) is 3.72. The van der Waals surface area contributed by atoms with Crippen molar-refractivity contribution in [3.8, 4) is 0 Å². The number of benzene rings is 1. The van der Waals surface area contributed by atoms with Gasteiger partial charge in [0.2, 0.25) is 0 Å². The van der Waals surface area contributed by atoms with Gasteiger partial charge in [0.15, 0.2) is 0 Å². The van der Waals surface area contributed by atoms with Crippen LogP contribution in [0.3, 0.4) is 0 Å². The summed E-state index contributed by atoms with van der Waals surface area (Å²) in [6.07, 6.45) is 3.50. The molecule has 0 unspecified atom stereocenters. The Balaban J connectivity index is 2.17. The molecule has 2 rings (SSSR count). The Morgan fingerprint density at radius 1 is 1.35 bits per heavy atom. The minimum absolute atomic E-state index is 0.201. The summed E-state index contributed by atoms with van der Waals surface area (Å²) in [6, 6.07) is 7.80. The highest BCUT2D eigenvalue weighted by atomic mass is 32.2. The van der Waals surface area contributed by atoms with E-state index in [1.165, 1.54) is 6.26 Å². The second-order valence-electron chi connectivity index (χ2n) is 5.14. The first-order valence-electron chi connectivity index (χ1n) is 6.74. The van der Waals surface area contributed by atoms with Crippen molar-refractivity contribution in [2.45, 2.75) is 19.3 Å². The van der Waals surface area contributed by atoms with Gasteiger partial charge in [-0.3, -0.25) is 0 Å². The Kier molecular flexibility index (Phi) is 4.65. The van der Waals surface area contributed by atoms with Crippen LogP contribution in [0.4, 0.5) is 5.69 Å². The first-order chi connectivity index (χ1) is 9.51. The Labute approximate surface area is 119 Å². The van der Waals surface area contributed by atoms with Crippen LogP contribution in [-0.2, 0) is 9.84 Å². The maximum Gasteiger partial charge on any atom is 0.147 e. The van der Waals surface area contributed by atoms with E-state index in [1.54, 1.807) is 0 Å². The average molecular weight is 296 g/mol. The fourth-order valence-corrected chi connectivity index (χ4v) is 3.19. The van der Waals surface area contributed by atoms with Gasteiger partial charge in [0.1, 0.15) is 9.84 Å². The third-order valence-electron chi connectivity index (χ3n) is 3.46. The largest absolute Gasteiger partial charge is 0.411 e. The molecule has 1 aromatic rings. The zero-order valence-corrected chi connectivity index (χ0v) is 12.4. The normalized spacial score (nSPS) is 17.9. The number of nitrogens with zero attached hydrogens (tertiary/aromatic N) is 2. The molecule has 6 heteroatoms. The van der Waals surface area contributed by atoms with Gasteiger partial charge in [-0.2, -0.15) is 0 Å². The van der Waals surface area contributed by atoms with Gasteiger partial charge in [-0.25, -0.2) is 8.42 Å². The fourth-order valence-electron chi connectivity index (χ4n) is 2.54. The van der Waals surface area contributed by atoms with E-state index in [-0.39, 0.29) is 5.75 Å². The zero-order valence-electron chi connectivity index (χ0n) is 11.6. The van der Waals surface area contributed by atoms with Crippen molar-refractivity contribution in [2.75, 3.05) is 30.0 Å². The lowest BCUT2D eigenvalue weighted by molar-refractivity contribution is 0.318. The monoisotopic (exact) mass is 296 g/mol. The summed E-state index contributed by atoms with van der Waals surface area (Å²) >= 11 is 0. The van der Waals surface area contributed by atoms with Crippen molar-refractivity contribution in [1.82, 2.24) is 0 Å². The standard InChI is InChI=1S/C14H20N2O3S/c1-20(18,19)11-5-10-16-9-4-7-13(15-17)12-6-2-3-8-14(12)16/h2-3,6,8,17H,4-5,7,9-11H2,1H3/b15-13-. The van der Waals surface area contributed by atoms with E-state index in [9.17, 15) is 8.42 Å². The molecule has 1 heterocycles. The van der Waals surface area contributed by atoms with Crippen LogP contribution in [-0.4, -0.2) is 44.4 Å². The lowest BCUT2D eigenvalue weighted by Crippen LogP contribution is -2.26. The quantitative estimate of drug-likeness (QED) is 0.680. The van der Waals surface area contributed by atoms with Gasteiger partial charge in [0, 0.05) is 30.6 Å². The Morgan fingerprint density at radius 2 is 2.10 bits per heavy atom. The van der Waals surface area contributed by atoms with Crippen molar-refractivity contribution < 1.29 is 13.6 Å². The van der Waals surface area contributed by atoms with Gasteiger partial charge in [-0.15, -0.1) is 0 Å². The van der Waals surface area contributed by atoms with E-state index in [4.69, 9.17) is 5.21 Å². The van der Waals surface area contributed by atoms with Gasteiger partial charge >= 0.3 is 0 Å². The molecule has 0 bridgehead atoms. The molecule has 0 fully saturated rings. The zero-order chi connectivity index (χ0) is 14.6. The fraction of sp³-hybridized carbons (Fsp3) is 0.500. The molecule has 1 aromatic carbocycles. The topological polar surface area (TPSA) is 70.0 Å². The van der Waals surface area contributed by atoms with E-state index < -0.39 is 9.84 Å². The molecule has 0 spiro atoms. The van der Waals surface area contributed by atoms with Gasteiger partial charge in [-0.1, -0.05) is 23.4 Å². The summed E-state index contributed by atoms with van der Waals surface area (Å²) in [5.41, 5.74) is 2.66. The molecule has 0 saturated carbocycles. The third-order valence-corrected chi connectivity index (χ3v) is 4.49. The van der Waals surface area contributed by atoms with Crippen LogP contribution in [0.2, 0.25) is 0 Å². The smallest absolute Gasteiger partial charge is 0.147 e. The van der Waals surface area contributed by atoms with Crippen LogP contribution >= 0.6 is 0 Å². The highest BCUT2D eigenvalue weighted by Gasteiger charge is 2.19. The Hall–Kier alpha value is -1.56. The number of rotatable bonds is 4. The number of para-hydroxylation sites is 1. The average Bonchev–Trinajstić information content (AvgIpc) is 2.57. The van der Waals surface area contributed by atoms with E-state index in [1.807, 2.05) is 24.3 Å². The molecule has 0 radical (unpaired) electrons. The van der Waals surface area contributed by atoms with Crippen molar-refractivity contribution in [3.05, 3.63) is 29.8 Å². The van der Waals surface area contributed by atoms with Gasteiger partial charge in [-0.05, 0) is 25.3 Å². The summed E-state index contributed by atoms with van der Waals surface area (Å²) in [6.45, 7) is 1.54. The molecule has 20 heavy (non-hydrogen) atoms. The number of fused-ring (bicyclic) bond motifs is 1. The highest BCUT2D eigenvalue weighted by Crippen LogP contribution is 2.26. The summed E-state index contributed by atoms with van der Waals surface area (Å²) in [4.78, 5) is 2.18. The minimum atomic E-state index is -2.92. The molecule has 110 valence electrons. The van der Waals surface area contributed by atoms with Gasteiger partial charge in [0.25, 0.3) is 0 Å². The number of hydrogen-bond donors (Lipinski definition) is 1. The molecule has 0 saturated heterocycles. The van der Waals surface area contributed by atoms with E-state index in [0.29, 0.717) is 18.7 Å². The van der Waals surface area contributed by atoms with Crippen molar-refractivity contribution >= 4 is 21.2 Å². The number of anilines is 1. The van der Waals surface area contributed by atoms with E-state index >= 15 is 0 Å². The van der Waals surface area contributed by atoms with Crippen molar-refractivity contribution in [3.63, 3.8) is 0 Å². The summed E-state index contributed by atoms with van der Waals surface area (Å²) in [5, 5.41) is 12.5. The molecule has 0 aliphatic carbocycles. The molecule has 1 aliphatic rings. The van der Waals surface area contributed by atoms with E-state index in [2.05, 4.69) is 10.1 Å². The predicted molar refractivity (Wildman–Crippen MR) is 80.5 cm³/mol. The van der Waals surface area contributed by atoms with Crippen LogP contribution < -0.4 is 4.90 Å². The van der Waals surface area contributed by atoms with Crippen molar-refractivity contribution in [1.29, 1.82) is 0 Å². The molecule has 0 atom stereocenters. The molecule has 0 aromatic heterocycles. The number of sulfone groups is 1. The second kappa shape index (κ2) is 6.26. The van der Waals surface area contributed by atoms with Crippen LogP contribution in [0, 0.1) is 0 Å². The molecule has 1 aliphatic heterocycles. The second-order valence-corrected chi connectivity index (χ2v) is 7.40. The van der Waals surface area contributed by atoms with Crippen LogP contribution in [0.15, 0.2) is 29.4 Å². The molecule has 1 N–H and O–H groups in total. The van der Waals surface area contributed by atoms with Gasteiger partial charge in [0.05, 0.1) is 11.5 Å². The maximum absolute atomic E-state index is 11.2. The minimum Gasteiger partial charge on any atom is -0.411 e. The first-order valence-corrected chi connectivity index (χ1v) is 8.80. The number of hydrogen-bond acceptors (Lipinski definition) is 5. The first kappa shape index (κ1) is 14.8. The summed E-state index contributed by atoms with van der Waals surface area (Å²) in [5.74, 6) is 0.201.